The molecule has 0 saturated heterocycles. The van der Waals surface area contributed by atoms with Crippen molar-refractivity contribution in [2.75, 3.05) is 0 Å². The number of pyridine rings is 1. The van der Waals surface area contributed by atoms with Crippen molar-refractivity contribution < 1.29 is 4.79 Å². The highest BCUT2D eigenvalue weighted by Crippen LogP contribution is 2.37. The summed E-state index contributed by atoms with van der Waals surface area (Å²) in [5.74, 6) is 1.13. The quantitative estimate of drug-likeness (QED) is 0.668. The van der Waals surface area contributed by atoms with E-state index in [4.69, 9.17) is 15.5 Å². The number of aromatic amines is 1. The molecule has 8 heteroatoms. The highest BCUT2D eigenvalue weighted by Gasteiger charge is 2.27. The van der Waals surface area contributed by atoms with Gasteiger partial charge >= 0.3 is 0 Å². The Hall–Kier alpha value is -3.39. The van der Waals surface area contributed by atoms with Gasteiger partial charge in [-0.25, -0.2) is 9.97 Å². The first-order valence-electron chi connectivity index (χ1n) is 10.0. The zero-order valence-electron chi connectivity index (χ0n) is 16.2. The number of hydrogen-bond donors (Lipinski definition) is 2. The molecule has 0 radical (unpaired) electrons. The Morgan fingerprint density at radius 1 is 1.28 bits per heavy atom. The number of carbonyl (C=O) groups is 1. The maximum absolute atomic E-state index is 12.0. The van der Waals surface area contributed by atoms with Gasteiger partial charge in [0.05, 0.1) is 30.4 Å². The number of amides is 1. The molecular formula is C21H23N7O. The van der Waals surface area contributed by atoms with E-state index in [1.165, 1.54) is 0 Å². The van der Waals surface area contributed by atoms with Crippen LogP contribution in [0, 0.1) is 28.6 Å². The molecule has 3 aromatic heterocycles. The van der Waals surface area contributed by atoms with Crippen LogP contribution in [0.15, 0.2) is 18.5 Å². The van der Waals surface area contributed by atoms with E-state index in [9.17, 15) is 4.79 Å². The van der Waals surface area contributed by atoms with Crippen molar-refractivity contribution in [3.8, 4) is 12.1 Å². The standard InChI is InChI=1S/C21H23N7O/c22-9-1-2-19(29)25-13-18-27-17-12-26-21-16(8-11-24-21)20(17)28(18)15-5-3-14(4-6-15)7-10-23/h8,11-12,14-15H,1-7,13H2,(H,24,26)(H,25,29). The van der Waals surface area contributed by atoms with Crippen LogP contribution in [0.25, 0.3) is 22.1 Å². The van der Waals surface area contributed by atoms with Gasteiger partial charge in [-0.15, -0.1) is 0 Å². The van der Waals surface area contributed by atoms with Gasteiger partial charge in [0.1, 0.15) is 17.0 Å². The Bertz CT molecular complexity index is 1110. The topological polar surface area (TPSA) is 123 Å². The third kappa shape index (κ3) is 3.79. The molecule has 1 fully saturated rings. The van der Waals surface area contributed by atoms with Crippen molar-refractivity contribution in [1.82, 2.24) is 24.8 Å². The molecule has 0 unspecified atom stereocenters. The minimum Gasteiger partial charge on any atom is -0.349 e. The lowest BCUT2D eigenvalue weighted by atomic mass is 9.84. The van der Waals surface area contributed by atoms with Crippen LogP contribution in [0.4, 0.5) is 0 Å². The summed E-state index contributed by atoms with van der Waals surface area (Å²) >= 11 is 0. The van der Waals surface area contributed by atoms with Crippen molar-refractivity contribution in [2.45, 2.75) is 57.5 Å². The van der Waals surface area contributed by atoms with Crippen molar-refractivity contribution >= 4 is 28.0 Å². The molecule has 0 bridgehead atoms. The van der Waals surface area contributed by atoms with Gasteiger partial charge in [0.15, 0.2) is 0 Å². The second-order valence-corrected chi connectivity index (χ2v) is 7.60. The molecule has 1 saturated carbocycles. The molecule has 0 aliphatic heterocycles. The fraction of sp³-hybridized carbons (Fsp3) is 0.476. The number of imidazole rings is 1. The fourth-order valence-corrected chi connectivity index (χ4v) is 4.33. The first-order chi connectivity index (χ1) is 14.2. The smallest absolute Gasteiger partial charge is 0.221 e. The van der Waals surface area contributed by atoms with E-state index in [0.29, 0.717) is 18.9 Å². The van der Waals surface area contributed by atoms with Gasteiger partial charge in [-0.2, -0.15) is 10.5 Å². The largest absolute Gasteiger partial charge is 0.349 e. The average molecular weight is 389 g/mol. The maximum Gasteiger partial charge on any atom is 0.221 e. The third-order valence-electron chi connectivity index (χ3n) is 5.78. The summed E-state index contributed by atoms with van der Waals surface area (Å²) in [7, 11) is 0. The summed E-state index contributed by atoms with van der Waals surface area (Å²) in [6.07, 6.45) is 8.68. The first kappa shape index (κ1) is 18.9. The van der Waals surface area contributed by atoms with E-state index in [1.54, 1.807) is 6.20 Å². The lowest BCUT2D eigenvalue weighted by Gasteiger charge is -2.30. The second-order valence-electron chi connectivity index (χ2n) is 7.60. The zero-order chi connectivity index (χ0) is 20.2. The number of hydrogen-bond acceptors (Lipinski definition) is 5. The van der Waals surface area contributed by atoms with Crippen LogP contribution in [-0.4, -0.2) is 25.4 Å². The Morgan fingerprint density at radius 3 is 2.86 bits per heavy atom. The van der Waals surface area contributed by atoms with Gasteiger partial charge in [-0.1, -0.05) is 0 Å². The molecule has 29 heavy (non-hydrogen) atoms. The number of rotatable bonds is 6. The highest BCUT2D eigenvalue weighted by atomic mass is 16.1. The Labute approximate surface area is 168 Å². The van der Waals surface area contributed by atoms with Crippen LogP contribution in [0.5, 0.6) is 0 Å². The molecule has 1 aliphatic rings. The Kier molecular flexibility index (Phi) is 5.44. The van der Waals surface area contributed by atoms with Gasteiger partial charge in [0.2, 0.25) is 5.91 Å². The first-order valence-corrected chi connectivity index (χ1v) is 10.0. The molecule has 0 aromatic carbocycles. The van der Waals surface area contributed by atoms with E-state index in [2.05, 4.69) is 25.9 Å². The van der Waals surface area contributed by atoms with Crippen molar-refractivity contribution in [3.63, 3.8) is 0 Å². The Morgan fingerprint density at radius 2 is 2.10 bits per heavy atom. The van der Waals surface area contributed by atoms with E-state index >= 15 is 0 Å². The lowest BCUT2D eigenvalue weighted by molar-refractivity contribution is -0.121. The number of carbonyl (C=O) groups excluding carboxylic acids is 1. The summed E-state index contributed by atoms with van der Waals surface area (Å²) in [6, 6.07) is 6.59. The molecule has 0 atom stereocenters. The van der Waals surface area contributed by atoms with Gasteiger partial charge in [0, 0.05) is 36.9 Å². The van der Waals surface area contributed by atoms with Gasteiger partial charge < -0.3 is 14.9 Å². The predicted molar refractivity (Wildman–Crippen MR) is 107 cm³/mol. The van der Waals surface area contributed by atoms with Crippen molar-refractivity contribution in [2.24, 2.45) is 5.92 Å². The molecule has 1 aliphatic carbocycles. The lowest BCUT2D eigenvalue weighted by Crippen LogP contribution is -2.26. The van der Waals surface area contributed by atoms with Crippen molar-refractivity contribution in [3.05, 3.63) is 24.3 Å². The number of fused-ring (bicyclic) bond motifs is 3. The monoisotopic (exact) mass is 389 g/mol. The number of aromatic nitrogens is 4. The summed E-state index contributed by atoms with van der Waals surface area (Å²) in [6.45, 7) is 0.322. The van der Waals surface area contributed by atoms with E-state index < -0.39 is 0 Å². The molecule has 3 aromatic rings. The van der Waals surface area contributed by atoms with Crippen LogP contribution in [0.1, 0.15) is 56.8 Å². The second kappa shape index (κ2) is 8.32. The fourth-order valence-electron chi connectivity index (χ4n) is 4.33. The minimum atomic E-state index is -0.146. The maximum atomic E-state index is 12.0. The van der Waals surface area contributed by atoms with E-state index in [1.807, 2.05) is 18.3 Å². The van der Waals surface area contributed by atoms with Gasteiger partial charge in [0.25, 0.3) is 0 Å². The molecule has 148 valence electrons. The van der Waals surface area contributed by atoms with Crippen LogP contribution < -0.4 is 5.32 Å². The van der Waals surface area contributed by atoms with E-state index in [0.717, 1.165) is 53.6 Å². The molecule has 1 amide bonds. The molecule has 8 nitrogen and oxygen atoms in total. The van der Waals surface area contributed by atoms with Gasteiger partial charge in [-0.3, -0.25) is 4.79 Å². The SMILES string of the molecule is N#CCCC(=O)NCc1nc2cnc3[nH]ccc3c2n1C1CCC(CC#N)CC1. The van der Waals surface area contributed by atoms with E-state index in [-0.39, 0.29) is 24.8 Å². The number of nitrogens with zero attached hydrogens (tertiary/aromatic N) is 5. The van der Waals surface area contributed by atoms with Gasteiger partial charge in [-0.05, 0) is 37.7 Å². The van der Waals surface area contributed by atoms with Crippen LogP contribution >= 0.6 is 0 Å². The number of nitrogens with one attached hydrogen (secondary N) is 2. The van der Waals surface area contributed by atoms with Crippen LogP contribution in [0.3, 0.4) is 0 Å². The molecule has 0 spiro atoms. The summed E-state index contributed by atoms with van der Waals surface area (Å²) < 4.78 is 2.26. The zero-order valence-corrected chi connectivity index (χ0v) is 16.2. The van der Waals surface area contributed by atoms with Crippen molar-refractivity contribution in [1.29, 1.82) is 10.5 Å². The van der Waals surface area contributed by atoms with Crippen LogP contribution in [-0.2, 0) is 11.3 Å². The molecule has 2 N–H and O–H groups in total. The highest BCUT2D eigenvalue weighted by molar-refractivity contribution is 6.01. The normalized spacial score (nSPS) is 19.1. The summed E-state index contributed by atoms with van der Waals surface area (Å²) in [5.41, 5.74) is 2.68. The third-order valence-corrected chi connectivity index (χ3v) is 5.78. The van der Waals surface area contributed by atoms with Crippen LogP contribution in [0.2, 0.25) is 0 Å². The number of nitriles is 2. The molecule has 3 heterocycles. The summed E-state index contributed by atoms with van der Waals surface area (Å²) in [5, 5.41) is 21.6. The Balaban J connectivity index is 1.67. The predicted octanol–water partition coefficient (Wildman–Crippen LogP) is 3.48. The average Bonchev–Trinajstić information content (AvgIpc) is 3.35. The molecular weight excluding hydrogens is 366 g/mol. The molecule has 4 rings (SSSR count). The summed E-state index contributed by atoms with van der Waals surface area (Å²) in [4.78, 5) is 24.4. The number of H-pyrrole nitrogens is 1. The minimum absolute atomic E-state index is 0.146.